The lowest BCUT2D eigenvalue weighted by atomic mass is 9.90. The highest BCUT2D eigenvalue weighted by Crippen LogP contribution is 2.27. The van der Waals surface area contributed by atoms with E-state index in [1.54, 1.807) is 38.1 Å². The summed E-state index contributed by atoms with van der Waals surface area (Å²) in [5.74, 6) is -0.953. The standard InChI is InChI=1S/C13H21N3O3S/c1-6-16(5)10(17)8(2)14-12-15-9(7-20-12)13(3,4)11(18)19/h7-8H,6H2,1-5H3,(H,14,15)(H,18,19). The van der Waals surface area contributed by atoms with Crippen LogP contribution in [-0.2, 0) is 15.0 Å². The average Bonchev–Trinajstić information content (AvgIpc) is 2.85. The van der Waals surface area contributed by atoms with Crippen molar-refractivity contribution in [3.05, 3.63) is 11.1 Å². The molecule has 0 aliphatic rings. The summed E-state index contributed by atoms with van der Waals surface area (Å²) in [6.45, 7) is 7.51. The number of aromatic nitrogens is 1. The molecule has 0 aromatic carbocycles. The number of nitrogens with zero attached hydrogens (tertiary/aromatic N) is 2. The molecule has 1 heterocycles. The first kappa shape index (κ1) is 16.4. The number of anilines is 1. The van der Waals surface area contributed by atoms with Crippen LogP contribution in [0.25, 0.3) is 0 Å². The zero-order chi connectivity index (χ0) is 15.5. The van der Waals surface area contributed by atoms with Gasteiger partial charge in [0.15, 0.2) is 5.13 Å². The summed E-state index contributed by atoms with van der Waals surface area (Å²) >= 11 is 1.30. The zero-order valence-corrected chi connectivity index (χ0v) is 13.2. The number of hydrogen-bond donors (Lipinski definition) is 2. The molecule has 0 aliphatic heterocycles. The molecule has 1 rings (SSSR count). The van der Waals surface area contributed by atoms with Gasteiger partial charge in [-0.3, -0.25) is 9.59 Å². The van der Waals surface area contributed by atoms with E-state index in [-0.39, 0.29) is 5.91 Å². The summed E-state index contributed by atoms with van der Waals surface area (Å²) in [6, 6.07) is -0.396. The lowest BCUT2D eigenvalue weighted by Crippen LogP contribution is -2.38. The van der Waals surface area contributed by atoms with E-state index in [4.69, 9.17) is 5.11 Å². The van der Waals surface area contributed by atoms with E-state index in [1.807, 2.05) is 6.92 Å². The van der Waals surface area contributed by atoms with Crippen molar-refractivity contribution in [3.8, 4) is 0 Å². The van der Waals surface area contributed by atoms with Gasteiger partial charge < -0.3 is 15.3 Å². The van der Waals surface area contributed by atoms with Gasteiger partial charge in [-0.25, -0.2) is 4.98 Å². The number of thiazole rings is 1. The molecule has 0 aliphatic carbocycles. The molecule has 20 heavy (non-hydrogen) atoms. The van der Waals surface area contributed by atoms with Crippen LogP contribution >= 0.6 is 11.3 Å². The number of hydrogen-bond acceptors (Lipinski definition) is 5. The predicted molar refractivity (Wildman–Crippen MR) is 79.2 cm³/mol. The predicted octanol–water partition coefficient (Wildman–Crippen LogP) is 1.78. The van der Waals surface area contributed by atoms with Crippen LogP contribution in [0, 0.1) is 0 Å². The van der Waals surface area contributed by atoms with Crippen LogP contribution in [0.5, 0.6) is 0 Å². The van der Waals surface area contributed by atoms with Crippen LogP contribution in [0.15, 0.2) is 5.38 Å². The smallest absolute Gasteiger partial charge is 0.315 e. The topological polar surface area (TPSA) is 82.5 Å². The second-order valence-electron chi connectivity index (χ2n) is 5.19. The summed E-state index contributed by atoms with van der Waals surface area (Å²) in [5, 5.41) is 14.4. The fourth-order valence-electron chi connectivity index (χ4n) is 1.47. The third-order valence-electron chi connectivity index (χ3n) is 3.24. The zero-order valence-electron chi connectivity index (χ0n) is 12.4. The molecule has 112 valence electrons. The van der Waals surface area contributed by atoms with Gasteiger partial charge in [-0.1, -0.05) is 0 Å². The normalized spacial score (nSPS) is 12.8. The van der Waals surface area contributed by atoms with Crippen molar-refractivity contribution in [1.29, 1.82) is 0 Å². The highest BCUT2D eigenvalue weighted by molar-refractivity contribution is 7.13. The van der Waals surface area contributed by atoms with Crippen LogP contribution in [0.3, 0.4) is 0 Å². The Balaban J connectivity index is 2.79. The Morgan fingerprint density at radius 1 is 1.55 bits per heavy atom. The van der Waals surface area contributed by atoms with Crippen molar-refractivity contribution in [2.75, 3.05) is 18.9 Å². The number of carbonyl (C=O) groups is 2. The number of carboxylic acids is 1. The molecule has 1 aromatic heterocycles. The van der Waals surface area contributed by atoms with E-state index in [2.05, 4.69) is 10.3 Å². The number of aliphatic carboxylic acids is 1. The Hall–Kier alpha value is -1.63. The van der Waals surface area contributed by atoms with Crippen LogP contribution < -0.4 is 5.32 Å². The van der Waals surface area contributed by atoms with Crippen LogP contribution in [0.4, 0.5) is 5.13 Å². The monoisotopic (exact) mass is 299 g/mol. The molecule has 1 aromatic rings. The molecular weight excluding hydrogens is 278 g/mol. The SMILES string of the molecule is CCN(C)C(=O)C(C)Nc1nc(C(C)(C)C(=O)O)cs1. The number of rotatable bonds is 6. The Morgan fingerprint density at radius 2 is 2.15 bits per heavy atom. The molecule has 2 N–H and O–H groups in total. The molecule has 6 nitrogen and oxygen atoms in total. The number of carboxylic acid groups (broad SMARTS) is 1. The summed E-state index contributed by atoms with van der Waals surface area (Å²) in [7, 11) is 1.74. The Morgan fingerprint density at radius 3 is 2.65 bits per heavy atom. The third-order valence-corrected chi connectivity index (χ3v) is 4.01. The van der Waals surface area contributed by atoms with E-state index < -0.39 is 17.4 Å². The minimum absolute atomic E-state index is 0.0262. The van der Waals surface area contributed by atoms with Gasteiger partial charge in [-0.15, -0.1) is 11.3 Å². The van der Waals surface area contributed by atoms with Crippen molar-refractivity contribution < 1.29 is 14.7 Å². The second kappa shape index (κ2) is 6.21. The largest absolute Gasteiger partial charge is 0.481 e. The van der Waals surface area contributed by atoms with Crippen molar-refractivity contribution in [2.24, 2.45) is 0 Å². The molecule has 0 saturated carbocycles. The van der Waals surface area contributed by atoms with E-state index >= 15 is 0 Å². The lowest BCUT2D eigenvalue weighted by Gasteiger charge is -2.20. The molecule has 0 spiro atoms. The summed E-state index contributed by atoms with van der Waals surface area (Å²) in [6.07, 6.45) is 0. The van der Waals surface area contributed by atoms with Crippen LogP contribution in [-0.4, -0.2) is 46.5 Å². The minimum Gasteiger partial charge on any atom is -0.481 e. The molecule has 1 atom stereocenters. The molecule has 1 amide bonds. The van der Waals surface area contributed by atoms with Gasteiger partial charge in [0.25, 0.3) is 0 Å². The van der Waals surface area contributed by atoms with Gasteiger partial charge in [-0.05, 0) is 27.7 Å². The number of likely N-dealkylation sites (N-methyl/N-ethyl adjacent to an activating group) is 1. The molecule has 0 bridgehead atoms. The van der Waals surface area contributed by atoms with Crippen LogP contribution in [0.2, 0.25) is 0 Å². The van der Waals surface area contributed by atoms with E-state index in [0.29, 0.717) is 17.4 Å². The van der Waals surface area contributed by atoms with Gasteiger partial charge in [-0.2, -0.15) is 0 Å². The van der Waals surface area contributed by atoms with Gasteiger partial charge in [0.1, 0.15) is 11.5 Å². The van der Waals surface area contributed by atoms with E-state index in [9.17, 15) is 9.59 Å². The Bertz CT molecular complexity index is 499. The maximum absolute atomic E-state index is 11.9. The number of amides is 1. The third kappa shape index (κ3) is 3.47. The first-order valence-electron chi connectivity index (χ1n) is 6.41. The van der Waals surface area contributed by atoms with Gasteiger partial charge >= 0.3 is 5.97 Å². The highest BCUT2D eigenvalue weighted by Gasteiger charge is 2.32. The summed E-state index contributed by atoms with van der Waals surface area (Å²) in [4.78, 5) is 29.0. The molecule has 1 unspecified atom stereocenters. The average molecular weight is 299 g/mol. The fourth-order valence-corrected chi connectivity index (χ4v) is 2.44. The molecule has 0 fully saturated rings. The second-order valence-corrected chi connectivity index (χ2v) is 6.04. The molecule has 0 saturated heterocycles. The maximum Gasteiger partial charge on any atom is 0.315 e. The first-order chi connectivity index (χ1) is 9.20. The van der Waals surface area contributed by atoms with Crippen molar-refractivity contribution in [3.63, 3.8) is 0 Å². The molecule has 0 radical (unpaired) electrons. The minimum atomic E-state index is -1.04. The summed E-state index contributed by atoms with van der Waals surface area (Å²) in [5.41, 5.74) is -0.551. The molecular formula is C13H21N3O3S. The lowest BCUT2D eigenvalue weighted by molar-refractivity contribution is -0.142. The summed E-state index contributed by atoms with van der Waals surface area (Å²) < 4.78 is 0. The first-order valence-corrected chi connectivity index (χ1v) is 7.29. The Labute approximate surface area is 122 Å². The fraction of sp³-hybridized carbons (Fsp3) is 0.615. The Kier molecular flexibility index (Phi) is 5.10. The van der Waals surface area contributed by atoms with Gasteiger partial charge in [0, 0.05) is 19.0 Å². The van der Waals surface area contributed by atoms with Gasteiger partial charge in [0.05, 0.1) is 5.69 Å². The van der Waals surface area contributed by atoms with E-state index in [0.717, 1.165) is 0 Å². The van der Waals surface area contributed by atoms with Crippen molar-refractivity contribution in [1.82, 2.24) is 9.88 Å². The van der Waals surface area contributed by atoms with E-state index in [1.165, 1.54) is 11.3 Å². The number of nitrogens with one attached hydrogen (secondary N) is 1. The van der Waals surface area contributed by atoms with Crippen LogP contribution in [0.1, 0.15) is 33.4 Å². The quantitative estimate of drug-likeness (QED) is 0.836. The molecule has 7 heteroatoms. The highest BCUT2D eigenvalue weighted by atomic mass is 32.1. The van der Waals surface area contributed by atoms with Gasteiger partial charge in [0.2, 0.25) is 5.91 Å². The number of carbonyl (C=O) groups excluding carboxylic acids is 1. The van der Waals surface area contributed by atoms with Crippen molar-refractivity contribution >= 4 is 28.3 Å². The maximum atomic E-state index is 11.9. The van der Waals surface area contributed by atoms with Crippen molar-refractivity contribution in [2.45, 2.75) is 39.2 Å².